The third-order valence-corrected chi connectivity index (χ3v) is 8.71. The van der Waals surface area contributed by atoms with Crippen LogP contribution in [0.3, 0.4) is 0 Å². The number of likely N-dealkylation sites (tertiary alicyclic amines) is 1. The number of rotatable bonds is 9. The number of aromatic nitrogens is 4. The predicted octanol–water partition coefficient (Wildman–Crippen LogP) is 4.19. The maximum absolute atomic E-state index is 14.2. The van der Waals surface area contributed by atoms with Crippen LogP contribution in [0, 0.1) is 0 Å². The lowest BCUT2D eigenvalue weighted by Gasteiger charge is -2.44. The number of hydrogen-bond acceptors (Lipinski definition) is 8. The molecule has 242 valence electrons. The number of carboxylic acid groups (broad SMARTS) is 1. The monoisotopic (exact) mass is 655 g/mol. The summed E-state index contributed by atoms with van der Waals surface area (Å²) in [5.74, 6) is -2.21. The average Bonchev–Trinajstić information content (AvgIpc) is 3.63. The average molecular weight is 656 g/mol. The maximum Gasteiger partial charge on any atom is 0.335 e. The molecule has 3 aromatic carbocycles. The molecule has 2 fully saturated rings. The number of carbonyl (C=O) groups excluding carboxylic acids is 2. The molecule has 0 spiro atoms. The van der Waals surface area contributed by atoms with Crippen LogP contribution in [-0.2, 0) is 14.3 Å². The molecule has 0 aliphatic carbocycles. The molecule has 3 N–H and O–H groups in total. The lowest BCUT2D eigenvalue weighted by Crippen LogP contribution is -2.57. The summed E-state index contributed by atoms with van der Waals surface area (Å²) in [6.07, 6.45) is 6.53. The fraction of sp³-hybridized carbons (Fsp3) is 0.294. The van der Waals surface area contributed by atoms with E-state index in [0.717, 1.165) is 31.5 Å². The van der Waals surface area contributed by atoms with E-state index in [1.54, 1.807) is 29.2 Å². The van der Waals surface area contributed by atoms with Crippen molar-refractivity contribution in [3.63, 3.8) is 0 Å². The second kappa shape index (κ2) is 14.7. The van der Waals surface area contributed by atoms with Crippen molar-refractivity contribution in [1.82, 2.24) is 30.4 Å². The Balaban J connectivity index is 1.34. The first-order chi connectivity index (χ1) is 22.9. The van der Waals surface area contributed by atoms with E-state index in [1.165, 1.54) is 41.4 Å². The van der Waals surface area contributed by atoms with Gasteiger partial charge in [-0.15, -0.1) is 5.10 Å². The number of halogens is 1. The summed E-state index contributed by atoms with van der Waals surface area (Å²) < 4.78 is 8.08. The summed E-state index contributed by atoms with van der Waals surface area (Å²) in [6, 6.07) is 19.9. The number of carbonyl (C=O) groups is 3. The van der Waals surface area contributed by atoms with Crippen LogP contribution in [0.5, 0.6) is 0 Å². The number of hydrogen-bond donors (Lipinski definition) is 3. The highest BCUT2D eigenvalue weighted by Gasteiger charge is 2.44. The Morgan fingerprint density at radius 2 is 1.77 bits per heavy atom. The van der Waals surface area contributed by atoms with Gasteiger partial charge in [-0.05, 0) is 96.9 Å². The molecular weight excluding hydrogens is 622 g/mol. The SMILES string of the molecule is O=C(O)c1ccc(NC(=O)[C@H]2[C@@H](c3ccccc3)C[C@@H](OC3CCNCC3)CN2C(=O)/C=C/c2cc(Cl)ccc2-n2cnnn2)cc1. The van der Waals surface area contributed by atoms with Crippen LogP contribution in [0.25, 0.3) is 11.8 Å². The highest BCUT2D eigenvalue weighted by atomic mass is 35.5. The Hall–Kier alpha value is -4.91. The van der Waals surface area contributed by atoms with E-state index in [1.807, 2.05) is 30.3 Å². The topological polar surface area (TPSA) is 152 Å². The molecular formula is C34H34ClN7O5. The van der Waals surface area contributed by atoms with Gasteiger partial charge in [0.2, 0.25) is 11.8 Å². The minimum Gasteiger partial charge on any atom is -0.478 e. The Bertz CT molecular complexity index is 1730. The zero-order valence-corrected chi connectivity index (χ0v) is 26.2. The molecule has 3 atom stereocenters. The standard InChI is InChI=1S/C34H34ClN7O5/c35-25-9-12-30(42-21-37-39-40-42)24(18-25)8-13-31(43)41-20-28(47-27-14-16-36-17-15-27)19-29(22-4-2-1-3-5-22)32(41)33(44)38-26-10-6-23(7-11-26)34(45)46/h1-13,18,21,27-29,32,36H,14-17,19-20H2,(H,38,44)(H,45,46)/b13-8+/t28-,29-,32-/m1/s1. The highest BCUT2D eigenvalue weighted by Crippen LogP contribution is 2.36. The number of anilines is 1. The number of ether oxygens (including phenoxy) is 1. The van der Waals surface area contributed by atoms with Gasteiger partial charge in [0.05, 0.1) is 23.5 Å². The largest absolute Gasteiger partial charge is 0.478 e. The van der Waals surface area contributed by atoms with Crippen LogP contribution < -0.4 is 10.6 Å². The molecule has 47 heavy (non-hydrogen) atoms. The van der Waals surface area contributed by atoms with Crippen LogP contribution in [0.1, 0.15) is 46.7 Å². The molecule has 2 amide bonds. The number of piperidine rings is 2. The van der Waals surface area contributed by atoms with Crippen LogP contribution >= 0.6 is 11.6 Å². The van der Waals surface area contributed by atoms with Crippen molar-refractivity contribution in [3.05, 3.63) is 107 Å². The molecule has 0 unspecified atom stereocenters. The van der Waals surface area contributed by atoms with Crippen LogP contribution in [0.2, 0.25) is 5.02 Å². The second-order valence-corrected chi connectivity index (χ2v) is 12.0. The highest BCUT2D eigenvalue weighted by molar-refractivity contribution is 6.30. The van der Waals surface area contributed by atoms with Gasteiger partial charge in [-0.2, -0.15) is 4.68 Å². The summed E-state index contributed by atoms with van der Waals surface area (Å²) in [7, 11) is 0. The van der Waals surface area contributed by atoms with Crippen LogP contribution in [-0.4, -0.2) is 85.9 Å². The van der Waals surface area contributed by atoms with E-state index in [-0.39, 0.29) is 42.0 Å². The summed E-state index contributed by atoms with van der Waals surface area (Å²) >= 11 is 6.31. The predicted molar refractivity (Wildman–Crippen MR) is 175 cm³/mol. The quantitative estimate of drug-likeness (QED) is 0.226. The molecule has 6 rings (SSSR count). The van der Waals surface area contributed by atoms with Gasteiger partial charge in [0.15, 0.2) is 0 Å². The number of nitrogens with one attached hydrogen (secondary N) is 2. The van der Waals surface area contributed by atoms with Gasteiger partial charge in [0.25, 0.3) is 0 Å². The Morgan fingerprint density at radius 3 is 2.47 bits per heavy atom. The first-order valence-electron chi connectivity index (χ1n) is 15.4. The maximum atomic E-state index is 14.2. The van der Waals surface area contributed by atoms with Crippen LogP contribution in [0.15, 0.2) is 85.2 Å². The van der Waals surface area contributed by atoms with E-state index >= 15 is 0 Å². The fourth-order valence-corrected chi connectivity index (χ4v) is 6.40. The molecule has 13 heteroatoms. The van der Waals surface area contributed by atoms with Gasteiger partial charge in [-0.1, -0.05) is 41.9 Å². The molecule has 0 bridgehead atoms. The molecule has 2 aliphatic rings. The van der Waals surface area contributed by atoms with Crippen molar-refractivity contribution < 1.29 is 24.2 Å². The molecule has 1 aromatic heterocycles. The minimum absolute atomic E-state index is 0.0496. The number of aromatic carboxylic acids is 1. The van der Waals surface area contributed by atoms with Gasteiger partial charge in [-0.25, -0.2) is 4.79 Å². The summed E-state index contributed by atoms with van der Waals surface area (Å²) in [6.45, 7) is 1.93. The molecule has 4 aromatic rings. The van der Waals surface area contributed by atoms with Gasteiger partial charge in [0.1, 0.15) is 12.4 Å². The third-order valence-electron chi connectivity index (χ3n) is 8.47. The molecule has 0 saturated carbocycles. The smallest absolute Gasteiger partial charge is 0.335 e. The Kier molecular flexibility index (Phi) is 10.0. The number of tetrazole rings is 1. The number of benzene rings is 3. The van der Waals surface area contributed by atoms with E-state index < -0.39 is 12.0 Å². The molecule has 0 radical (unpaired) electrons. The Labute approximate surface area is 276 Å². The van der Waals surface area contributed by atoms with Crippen molar-refractivity contribution >= 4 is 41.1 Å². The lowest BCUT2D eigenvalue weighted by molar-refractivity contribution is -0.145. The lowest BCUT2D eigenvalue weighted by atomic mass is 9.81. The van der Waals surface area contributed by atoms with Gasteiger partial charge < -0.3 is 25.4 Å². The normalized spacial score (nSPS) is 20.3. The first kappa shape index (κ1) is 32.0. The summed E-state index contributed by atoms with van der Waals surface area (Å²) in [5, 5.41) is 27.4. The van der Waals surface area contributed by atoms with Crippen LogP contribution in [0.4, 0.5) is 5.69 Å². The number of carboxylic acids is 1. The van der Waals surface area contributed by atoms with Crippen molar-refractivity contribution in [2.75, 3.05) is 25.0 Å². The number of amides is 2. The van der Waals surface area contributed by atoms with Crippen molar-refractivity contribution in [1.29, 1.82) is 0 Å². The Morgan fingerprint density at radius 1 is 1.00 bits per heavy atom. The van der Waals surface area contributed by atoms with Crippen molar-refractivity contribution in [2.24, 2.45) is 0 Å². The summed E-state index contributed by atoms with van der Waals surface area (Å²) in [4.78, 5) is 41.3. The zero-order valence-electron chi connectivity index (χ0n) is 25.4. The molecule has 2 saturated heterocycles. The second-order valence-electron chi connectivity index (χ2n) is 11.6. The minimum atomic E-state index is -1.06. The number of nitrogens with zero attached hydrogens (tertiary/aromatic N) is 5. The van der Waals surface area contributed by atoms with E-state index in [4.69, 9.17) is 16.3 Å². The van der Waals surface area contributed by atoms with Crippen molar-refractivity contribution in [2.45, 2.75) is 43.4 Å². The third kappa shape index (κ3) is 7.74. The summed E-state index contributed by atoms with van der Waals surface area (Å²) in [5.41, 5.74) is 2.66. The van der Waals surface area contributed by atoms with E-state index in [2.05, 4.69) is 26.2 Å². The zero-order chi connectivity index (χ0) is 32.8. The van der Waals surface area contributed by atoms with Gasteiger partial charge in [-0.3, -0.25) is 9.59 Å². The molecule has 2 aliphatic heterocycles. The van der Waals surface area contributed by atoms with Gasteiger partial charge in [0, 0.05) is 34.8 Å². The van der Waals surface area contributed by atoms with Crippen molar-refractivity contribution in [3.8, 4) is 5.69 Å². The van der Waals surface area contributed by atoms with E-state index in [9.17, 15) is 19.5 Å². The fourth-order valence-electron chi connectivity index (χ4n) is 6.22. The first-order valence-corrected chi connectivity index (χ1v) is 15.8. The van der Waals surface area contributed by atoms with E-state index in [0.29, 0.717) is 28.4 Å². The molecule has 3 heterocycles. The van der Waals surface area contributed by atoms with Gasteiger partial charge >= 0.3 is 5.97 Å². The molecule has 12 nitrogen and oxygen atoms in total.